The van der Waals surface area contributed by atoms with Crippen molar-refractivity contribution in [1.82, 2.24) is 9.97 Å². The average molecular weight is 136 g/mol. The molecular formula is C6H4N2S. The molecule has 1 N–H and O–H groups in total. The molecule has 2 nitrogen and oxygen atoms in total. The van der Waals surface area contributed by atoms with Crippen LogP contribution in [0.25, 0.3) is 0 Å². The molecule has 1 rings (SSSR count). The fourth-order valence-corrected chi connectivity index (χ4v) is 0.601. The van der Waals surface area contributed by atoms with E-state index in [0.29, 0.717) is 10.5 Å². The Balaban J connectivity index is 3.28. The first-order valence-electron chi connectivity index (χ1n) is 2.35. The van der Waals surface area contributed by atoms with Gasteiger partial charge in [0.15, 0.2) is 5.82 Å². The standard InChI is InChI=1S/C6H4N2S/c1-2-5-7-4-3-6(9)8-5/h1,3-4H,(H,7,8,9). The van der Waals surface area contributed by atoms with E-state index in [9.17, 15) is 0 Å². The zero-order valence-corrected chi connectivity index (χ0v) is 5.40. The first kappa shape index (κ1) is 5.99. The predicted molar refractivity (Wildman–Crippen MR) is 37.4 cm³/mol. The Hall–Kier alpha value is -1.14. The van der Waals surface area contributed by atoms with Crippen molar-refractivity contribution in [2.75, 3.05) is 0 Å². The highest BCUT2D eigenvalue weighted by atomic mass is 32.1. The minimum atomic E-state index is 0.475. The highest BCUT2D eigenvalue weighted by Gasteiger charge is 1.81. The molecule has 1 heterocycles. The lowest BCUT2D eigenvalue weighted by Gasteiger charge is -1.85. The number of nitrogens with zero attached hydrogens (tertiary/aromatic N) is 1. The lowest BCUT2D eigenvalue weighted by molar-refractivity contribution is 1.11. The van der Waals surface area contributed by atoms with Crippen LogP contribution in [0.1, 0.15) is 5.82 Å². The van der Waals surface area contributed by atoms with Crippen LogP contribution in [-0.2, 0) is 0 Å². The average Bonchev–Trinajstić information content (AvgIpc) is 1.88. The molecule has 0 saturated heterocycles. The highest BCUT2D eigenvalue weighted by Crippen LogP contribution is 1.85. The Labute approximate surface area is 58.0 Å². The summed E-state index contributed by atoms with van der Waals surface area (Å²) in [5.74, 6) is 2.81. The van der Waals surface area contributed by atoms with Crippen LogP contribution in [0.3, 0.4) is 0 Å². The molecule has 0 aliphatic carbocycles. The number of aromatic amines is 1. The van der Waals surface area contributed by atoms with Gasteiger partial charge < -0.3 is 4.98 Å². The van der Waals surface area contributed by atoms with Gasteiger partial charge in [-0.25, -0.2) is 4.98 Å². The predicted octanol–water partition coefficient (Wildman–Crippen LogP) is 1.12. The zero-order valence-electron chi connectivity index (χ0n) is 4.59. The van der Waals surface area contributed by atoms with Crippen LogP contribution >= 0.6 is 12.2 Å². The highest BCUT2D eigenvalue weighted by molar-refractivity contribution is 7.71. The Kier molecular flexibility index (Phi) is 1.61. The number of H-pyrrole nitrogens is 1. The van der Waals surface area contributed by atoms with Crippen molar-refractivity contribution in [2.45, 2.75) is 0 Å². The van der Waals surface area contributed by atoms with Gasteiger partial charge in [-0.1, -0.05) is 12.2 Å². The van der Waals surface area contributed by atoms with Crippen molar-refractivity contribution in [3.8, 4) is 12.3 Å². The minimum Gasteiger partial charge on any atom is -0.324 e. The van der Waals surface area contributed by atoms with Gasteiger partial charge in [-0.15, -0.1) is 6.42 Å². The maximum Gasteiger partial charge on any atom is 0.183 e. The molecule has 9 heavy (non-hydrogen) atoms. The van der Waals surface area contributed by atoms with Crippen molar-refractivity contribution < 1.29 is 0 Å². The third-order valence-electron chi connectivity index (χ3n) is 0.808. The lowest BCUT2D eigenvalue weighted by atomic mass is 10.6. The van der Waals surface area contributed by atoms with E-state index < -0.39 is 0 Å². The van der Waals surface area contributed by atoms with Crippen molar-refractivity contribution in [3.05, 3.63) is 22.7 Å². The first-order valence-corrected chi connectivity index (χ1v) is 2.75. The van der Waals surface area contributed by atoms with E-state index in [-0.39, 0.29) is 0 Å². The summed E-state index contributed by atoms with van der Waals surface area (Å²) in [5, 5.41) is 0. The summed E-state index contributed by atoms with van der Waals surface area (Å²) in [6.07, 6.45) is 6.61. The van der Waals surface area contributed by atoms with E-state index in [4.69, 9.17) is 18.6 Å². The van der Waals surface area contributed by atoms with Crippen LogP contribution in [0, 0.1) is 17.0 Å². The molecule has 0 unspecified atom stereocenters. The van der Waals surface area contributed by atoms with Crippen LogP contribution < -0.4 is 0 Å². The molecule has 44 valence electrons. The van der Waals surface area contributed by atoms with Gasteiger partial charge in [0, 0.05) is 6.20 Å². The number of terminal acetylenes is 1. The third kappa shape index (κ3) is 1.37. The molecule has 0 bridgehead atoms. The summed E-state index contributed by atoms with van der Waals surface area (Å²) >= 11 is 4.77. The van der Waals surface area contributed by atoms with Gasteiger partial charge in [-0.05, 0) is 12.0 Å². The number of nitrogens with one attached hydrogen (secondary N) is 1. The molecule has 0 radical (unpaired) electrons. The maximum atomic E-state index is 5.03. The summed E-state index contributed by atoms with van der Waals surface area (Å²) in [4.78, 5) is 6.52. The lowest BCUT2D eigenvalue weighted by Crippen LogP contribution is -1.85. The molecule has 1 aromatic heterocycles. The third-order valence-corrected chi connectivity index (χ3v) is 1.05. The van der Waals surface area contributed by atoms with E-state index in [1.165, 1.54) is 0 Å². The molecule has 0 aromatic carbocycles. The van der Waals surface area contributed by atoms with E-state index in [1.54, 1.807) is 12.3 Å². The summed E-state index contributed by atoms with van der Waals surface area (Å²) in [5.41, 5.74) is 0. The van der Waals surface area contributed by atoms with E-state index in [1.807, 2.05) is 0 Å². The number of hydrogen-bond acceptors (Lipinski definition) is 2. The van der Waals surface area contributed by atoms with Gasteiger partial charge in [-0.3, -0.25) is 0 Å². The number of rotatable bonds is 0. The second kappa shape index (κ2) is 2.42. The fraction of sp³-hybridized carbons (Fsp3) is 0. The van der Waals surface area contributed by atoms with Crippen LogP contribution in [0.2, 0.25) is 0 Å². The van der Waals surface area contributed by atoms with Gasteiger partial charge in [0.25, 0.3) is 0 Å². The van der Waals surface area contributed by atoms with Crippen molar-refractivity contribution in [1.29, 1.82) is 0 Å². The molecule has 0 aliphatic rings. The molecule has 0 atom stereocenters. The Morgan fingerprint density at radius 3 is 3.00 bits per heavy atom. The van der Waals surface area contributed by atoms with Crippen molar-refractivity contribution in [3.63, 3.8) is 0 Å². The van der Waals surface area contributed by atoms with E-state index in [2.05, 4.69) is 15.9 Å². The van der Waals surface area contributed by atoms with Crippen molar-refractivity contribution in [2.24, 2.45) is 0 Å². The number of hydrogen-bond donors (Lipinski definition) is 1. The van der Waals surface area contributed by atoms with Gasteiger partial charge in [0.2, 0.25) is 0 Å². The Bertz CT molecular complexity index is 294. The van der Waals surface area contributed by atoms with Gasteiger partial charge in [0.1, 0.15) is 4.64 Å². The first-order chi connectivity index (χ1) is 4.33. The second-order valence-corrected chi connectivity index (χ2v) is 1.87. The fourth-order valence-electron chi connectivity index (χ4n) is 0.443. The Morgan fingerprint density at radius 1 is 1.78 bits per heavy atom. The van der Waals surface area contributed by atoms with Crippen LogP contribution in [0.4, 0.5) is 0 Å². The second-order valence-electron chi connectivity index (χ2n) is 1.43. The van der Waals surface area contributed by atoms with Crippen LogP contribution in [0.15, 0.2) is 12.3 Å². The maximum absolute atomic E-state index is 5.03. The van der Waals surface area contributed by atoms with Crippen LogP contribution in [0.5, 0.6) is 0 Å². The molecule has 0 fully saturated rings. The monoisotopic (exact) mass is 136 g/mol. The van der Waals surface area contributed by atoms with E-state index >= 15 is 0 Å². The summed E-state index contributed by atoms with van der Waals surface area (Å²) in [6, 6.07) is 1.68. The smallest absolute Gasteiger partial charge is 0.183 e. The normalized spacial score (nSPS) is 8.33. The molecule has 1 aromatic rings. The zero-order chi connectivity index (χ0) is 6.69. The quantitative estimate of drug-likeness (QED) is 0.427. The van der Waals surface area contributed by atoms with Gasteiger partial charge in [-0.2, -0.15) is 0 Å². The molecule has 0 aliphatic heterocycles. The SMILES string of the molecule is C#Cc1nccc(=S)[nH]1. The summed E-state index contributed by atoms with van der Waals surface area (Å²) in [6.45, 7) is 0. The molecular weight excluding hydrogens is 132 g/mol. The molecule has 0 saturated carbocycles. The summed E-state index contributed by atoms with van der Waals surface area (Å²) < 4.78 is 0.609. The largest absolute Gasteiger partial charge is 0.324 e. The Morgan fingerprint density at radius 2 is 2.56 bits per heavy atom. The number of aromatic nitrogens is 2. The molecule has 0 spiro atoms. The molecule has 3 heteroatoms. The van der Waals surface area contributed by atoms with Crippen LogP contribution in [-0.4, -0.2) is 9.97 Å². The molecule has 0 amide bonds. The summed E-state index contributed by atoms with van der Waals surface area (Å²) in [7, 11) is 0. The topological polar surface area (TPSA) is 28.7 Å². The van der Waals surface area contributed by atoms with Crippen molar-refractivity contribution >= 4 is 12.2 Å². The van der Waals surface area contributed by atoms with E-state index in [0.717, 1.165) is 0 Å². The minimum absolute atomic E-state index is 0.475. The van der Waals surface area contributed by atoms with Gasteiger partial charge >= 0.3 is 0 Å². The van der Waals surface area contributed by atoms with Gasteiger partial charge in [0.05, 0.1) is 0 Å².